The average Bonchev–Trinajstić information content (AvgIpc) is 1.58. The lowest BCUT2D eigenvalue weighted by Crippen LogP contribution is -2.11. The van der Waals surface area contributed by atoms with Crippen LogP contribution in [0.15, 0.2) is 146 Å². The molecule has 0 amide bonds. The molecule has 10 aromatic heterocycles. The molecule has 6 aromatic carbocycles. The first-order valence-corrected chi connectivity index (χ1v) is 37.7. The number of benzene rings is 6. The molecule has 0 aliphatic carbocycles. The van der Waals surface area contributed by atoms with E-state index in [1.165, 1.54) is 188 Å². The third kappa shape index (κ3) is 10.2. The summed E-state index contributed by atoms with van der Waals surface area (Å²) in [7, 11) is 0. The van der Waals surface area contributed by atoms with E-state index in [1.54, 1.807) is 0 Å². The molecule has 16 rings (SSSR count). The van der Waals surface area contributed by atoms with Gasteiger partial charge in [-0.1, -0.05) is 125 Å². The Hall–Kier alpha value is -7.08. The zero-order valence-corrected chi connectivity index (χ0v) is 61.7. The van der Waals surface area contributed by atoms with Crippen molar-refractivity contribution in [1.82, 2.24) is 15.0 Å². The van der Waals surface area contributed by atoms with Crippen LogP contribution in [0, 0.1) is 0 Å². The van der Waals surface area contributed by atoms with Crippen LogP contribution in [0.2, 0.25) is 0 Å². The second kappa shape index (κ2) is 20.7. The number of hydrogen-bond acceptors (Lipinski definition) is 6. The molecule has 3 N–H and O–H groups in total. The Morgan fingerprint density at radius 1 is 0.172 bits per heavy atom. The van der Waals surface area contributed by atoms with Gasteiger partial charge in [0.2, 0.25) is 0 Å². The van der Waals surface area contributed by atoms with Crippen LogP contribution in [0.1, 0.15) is 158 Å². The number of aromatic nitrogens is 3. The average molecular weight is 1320 g/mol. The first-order chi connectivity index (χ1) is 43.8. The predicted molar refractivity (Wildman–Crippen MR) is 424 cm³/mol. The van der Waals surface area contributed by atoms with Crippen molar-refractivity contribution in [1.29, 1.82) is 0 Å². The molecular weight excluding hydrogens is 1240 g/mol. The Morgan fingerprint density at radius 3 is 0.419 bits per heavy atom. The fraction of sp³-hybridized carbons (Fsp3) is 0.286. The summed E-state index contributed by atoms with van der Waals surface area (Å²) in [6.07, 6.45) is 0. The Morgan fingerprint density at radius 2 is 0.290 bits per heavy atom. The van der Waals surface area contributed by atoms with Crippen LogP contribution in [0.5, 0.6) is 0 Å². The molecule has 10 heterocycles. The number of thiophene rings is 6. The fourth-order valence-corrected chi connectivity index (χ4v) is 20.2. The van der Waals surface area contributed by atoms with Gasteiger partial charge in [-0.2, -0.15) is 0 Å². The van der Waals surface area contributed by atoms with E-state index >= 15 is 0 Å². The molecule has 0 atom stereocenters. The van der Waals surface area contributed by atoms with E-state index in [1.807, 2.05) is 68.0 Å². The predicted octanol–water partition coefficient (Wildman–Crippen LogP) is 28.5. The van der Waals surface area contributed by atoms with Crippen LogP contribution >= 0.6 is 68.0 Å². The number of aromatic amines is 3. The maximum atomic E-state index is 4.17. The Labute approximate surface area is 568 Å². The van der Waals surface area contributed by atoms with Crippen LogP contribution in [0.25, 0.3) is 154 Å². The SMILES string of the molecule is CC(C)(C)c1cc2c3ccc(s3)c3ccc(s3)c3cc(C(C)(C)C)cc4c5cc(C(C)(C)C)cc(c6ccc(s6)c6ccc(s6)c6cc(C(C)(C)C)cc7c8cc(C(C)(C)C)cc(c9ccc(s9)c9ccc(s9)c9cc(C(C)(C)C)cc%10c(c1)c2[nH]c9%10)c8[nH]c67)c5[nH]c34. The van der Waals surface area contributed by atoms with Crippen molar-refractivity contribution in [3.63, 3.8) is 0 Å². The van der Waals surface area contributed by atoms with Gasteiger partial charge in [0.15, 0.2) is 0 Å². The summed E-state index contributed by atoms with van der Waals surface area (Å²) in [5.41, 5.74) is 14.8. The quantitative estimate of drug-likeness (QED) is 0.136. The van der Waals surface area contributed by atoms with E-state index in [-0.39, 0.29) is 32.5 Å². The van der Waals surface area contributed by atoms with Crippen molar-refractivity contribution < 1.29 is 0 Å². The summed E-state index contributed by atoms with van der Waals surface area (Å²) in [6.45, 7) is 42.4. The molecule has 0 aliphatic rings. The van der Waals surface area contributed by atoms with Gasteiger partial charge in [0.25, 0.3) is 0 Å². The van der Waals surface area contributed by atoms with Gasteiger partial charge in [-0.3, -0.25) is 0 Å². The lowest BCUT2D eigenvalue weighted by Gasteiger charge is -2.20. The number of fused-ring (bicyclic) bond motifs is 24. The highest BCUT2D eigenvalue weighted by Gasteiger charge is 2.27. The van der Waals surface area contributed by atoms with Crippen molar-refractivity contribution >= 4 is 222 Å². The Bertz CT molecular complexity index is 5150. The lowest BCUT2D eigenvalue weighted by molar-refractivity contribution is 0.591. The number of hydrogen-bond donors (Lipinski definition) is 3. The van der Waals surface area contributed by atoms with Crippen molar-refractivity contribution in [2.45, 2.75) is 157 Å². The molecule has 16 aromatic rings. The van der Waals surface area contributed by atoms with Crippen LogP contribution in [0.4, 0.5) is 0 Å². The second-order valence-corrected chi connectivity index (χ2v) is 39.0. The maximum absolute atomic E-state index is 4.17. The van der Waals surface area contributed by atoms with Crippen LogP contribution in [-0.4, -0.2) is 15.0 Å². The van der Waals surface area contributed by atoms with E-state index in [0.29, 0.717) is 0 Å². The zero-order valence-electron chi connectivity index (χ0n) is 56.8. The summed E-state index contributed by atoms with van der Waals surface area (Å²) >= 11 is 11.5. The first-order valence-electron chi connectivity index (χ1n) is 32.8. The summed E-state index contributed by atoms with van der Waals surface area (Å²) in [4.78, 5) is 12.5. The molecule has 0 radical (unpaired) electrons. The number of nitrogens with one attached hydrogen (secondary N) is 3. The van der Waals surface area contributed by atoms with Crippen molar-refractivity contribution in [2.75, 3.05) is 0 Å². The summed E-state index contributed by atoms with van der Waals surface area (Å²) in [5, 5.41) is 15.3. The topological polar surface area (TPSA) is 47.4 Å². The van der Waals surface area contributed by atoms with E-state index in [2.05, 4.69) is 285 Å². The molecule has 18 bridgehead atoms. The van der Waals surface area contributed by atoms with Crippen LogP contribution in [0.3, 0.4) is 0 Å². The molecular formula is C84H81N3S6. The molecule has 0 fully saturated rings. The molecule has 3 nitrogen and oxygen atoms in total. The van der Waals surface area contributed by atoms with Gasteiger partial charge in [0.1, 0.15) is 0 Å². The molecule has 93 heavy (non-hydrogen) atoms. The van der Waals surface area contributed by atoms with Gasteiger partial charge < -0.3 is 15.0 Å². The molecule has 0 saturated heterocycles. The molecule has 9 heteroatoms. The Kier molecular flexibility index (Phi) is 13.5. The normalized spacial score (nSPS) is 13.5. The molecule has 0 saturated carbocycles. The minimum atomic E-state index is -0.0746. The minimum Gasteiger partial charge on any atom is -0.353 e. The van der Waals surface area contributed by atoms with Gasteiger partial charge in [0.05, 0.1) is 33.1 Å². The number of rotatable bonds is 0. The molecule has 468 valence electrons. The summed E-state index contributed by atoms with van der Waals surface area (Å²) in [6, 6.07) is 58.2. The van der Waals surface area contributed by atoms with Gasteiger partial charge >= 0.3 is 0 Å². The Balaban J connectivity index is 1.06. The highest BCUT2D eigenvalue weighted by molar-refractivity contribution is 7.32. The number of H-pyrrole nitrogens is 3. The monoisotopic (exact) mass is 1320 g/mol. The molecule has 0 aliphatic heterocycles. The fourth-order valence-electron chi connectivity index (χ4n) is 13.8. The summed E-state index contributed by atoms with van der Waals surface area (Å²) in [5.74, 6) is 0. The maximum Gasteiger partial charge on any atom is 0.0553 e. The smallest absolute Gasteiger partial charge is 0.0553 e. The van der Waals surface area contributed by atoms with Crippen LogP contribution < -0.4 is 0 Å². The minimum absolute atomic E-state index is 0.0746. The van der Waals surface area contributed by atoms with Crippen molar-refractivity contribution in [3.8, 4) is 0 Å². The van der Waals surface area contributed by atoms with Gasteiger partial charge in [-0.25, -0.2) is 0 Å². The van der Waals surface area contributed by atoms with E-state index in [0.717, 1.165) is 0 Å². The van der Waals surface area contributed by atoms with Gasteiger partial charge in [-0.05, 0) is 211 Å². The third-order valence-corrected chi connectivity index (χ3v) is 26.9. The first kappa shape index (κ1) is 60.8. The largest absolute Gasteiger partial charge is 0.353 e. The standard InChI is InChI=1S/C84H81N3S6/c1-79(2,3)43-31-49-50-32-44(80(4,5)6)38-56-62-20-27-69(89-62)70-28-22-64(91-70)58-40-47(83(13,14)15)35-53-54-36-48(84(16,17)18)42-60(78(54)87-77(53)58)66-24-30-72(93-66)71-29-23-65(92-71)59-41-46(82(10,11)12)34-52-51-33-45(81(7,8)9)39-57(75(51)86-76(52)59)63-21-26-68(90-63)67-25-19-61(88-67)55(37-43)73(49)85-74(50)56/h19-42,85-87H,1-18H3. The second-order valence-electron chi connectivity index (χ2n) is 32.5. The van der Waals surface area contributed by atoms with Crippen molar-refractivity contribution in [2.24, 2.45) is 0 Å². The molecule has 0 unspecified atom stereocenters. The zero-order chi connectivity index (χ0) is 65.1. The van der Waals surface area contributed by atoms with E-state index in [4.69, 9.17) is 0 Å². The highest BCUT2D eigenvalue weighted by atomic mass is 32.1. The van der Waals surface area contributed by atoms with Gasteiger partial charge in [0, 0.05) is 121 Å². The summed E-state index contributed by atoms with van der Waals surface area (Å²) < 4.78 is 15.3. The third-order valence-electron chi connectivity index (χ3n) is 19.6. The van der Waals surface area contributed by atoms with E-state index < -0.39 is 0 Å². The van der Waals surface area contributed by atoms with Crippen LogP contribution in [-0.2, 0) is 32.5 Å². The van der Waals surface area contributed by atoms with Crippen molar-refractivity contribution in [3.05, 3.63) is 179 Å². The molecule has 0 spiro atoms. The van der Waals surface area contributed by atoms with Gasteiger partial charge in [-0.15, -0.1) is 68.0 Å². The highest BCUT2D eigenvalue weighted by Crippen LogP contribution is 2.48. The lowest BCUT2D eigenvalue weighted by atomic mass is 9.84. The van der Waals surface area contributed by atoms with E-state index in [9.17, 15) is 0 Å².